The molecule has 2 aliphatic carbocycles. The van der Waals surface area contributed by atoms with Crippen LogP contribution in [0.1, 0.15) is 26.7 Å². The lowest BCUT2D eigenvalue weighted by molar-refractivity contribution is -0.140. The molecule has 21 heavy (non-hydrogen) atoms. The quantitative estimate of drug-likeness (QED) is 0.589. The Morgan fingerprint density at radius 3 is 2.43 bits per heavy atom. The standard InChI is InChI=1S/C15H23NO4Si/c1-5-16-14(18)12-9-6-10(13(12)15(16)19)11(7-9)21(3,4)20-8(2)17/h9-13H,5-7H2,1-4H3. The maximum Gasteiger partial charge on any atom is 0.289 e. The van der Waals surface area contributed by atoms with Gasteiger partial charge in [-0.3, -0.25) is 19.3 Å². The van der Waals surface area contributed by atoms with Gasteiger partial charge in [0, 0.05) is 13.5 Å². The normalized spacial score (nSPS) is 38.1. The molecule has 3 aliphatic rings. The van der Waals surface area contributed by atoms with Crippen molar-refractivity contribution in [2.75, 3.05) is 6.54 Å². The van der Waals surface area contributed by atoms with Gasteiger partial charge in [-0.1, -0.05) is 0 Å². The number of carbonyl (C=O) groups is 3. The molecule has 2 bridgehead atoms. The second-order valence-electron chi connectivity index (χ2n) is 7.17. The van der Waals surface area contributed by atoms with Gasteiger partial charge in [-0.05, 0) is 50.2 Å². The Labute approximate surface area is 126 Å². The van der Waals surface area contributed by atoms with Crippen molar-refractivity contribution in [1.82, 2.24) is 4.90 Å². The molecule has 5 atom stereocenters. The fourth-order valence-corrected chi connectivity index (χ4v) is 8.22. The summed E-state index contributed by atoms with van der Waals surface area (Å²) < 4.78 is 5.63. The predicted molar refractivity (Wildman–Crippen MR) is 78.6 cm³/mol. The van der Waals surface area contributed by atoms with Gasteiger partial charge < -0.3 is 4.43 Å². The molecule has 5 nitrogen and oxygen atoms in total. The summed E-state index contributed by atoms with van der Waals surface area (Å²) in [6.07, 6.45) is 1.89. The van der Waals surface area contributed by atoms with E-state index in [4.69, 9.17) is 4.43 Å². The Kier molecular flexibility index (Phi) is 3.27. The van der Waals surface area contributed by atoms with E-state index >= 15 is 0 Å². The van der Waals surface area contributed by atoms with Gasteiger partial charge in [-0.15, -0.1) is 0 Å². The van der Waals surface area contributed by atoms with Crippen LogP contribution in [0.2, 0.25) is 18.6 Å². The number of rotatable bonds is 3. The van der Waals surface area contributed by atoms with Gasteiger partial charge in [-0.25, -0.2) is 0 Å². The molecule has 5 unspecified atom stereocenters. The van der Waals surface area contributed by atoms with Crippen LogP contribution in [0.3, 0.4) is 0 Å². The molecule has 0 aromatic carbocycles. The highest BCUT2D eigenvalue weighted by molar-refractivity contribution is 6.74. The van der Waals surface area contributed by atoms with Crippen LogP contribution >= 0.6 is 0 Å². The average molecular weight is 309 g/mol. The highest BCUT2D eigenvalue weighted by atomic mass is 28.4. The molecule has 116 valence electrons. The van der Waals surface area contributed by atoms with E-state index in [1.165, 1.54) is 11.8 Å². The van der Waals surface area contributed by atoms with Crippen LogP contribution in [0.15, 0.2) is 0 Å². The fraction of sp³-hybridized carbons (Fsp3) is 0.800. The topological polar surface area (TPSA) is 63.7 Å². The Balaban J connectivity index is 1.86. The first-order chi connectivity index (χ1) is 9.77. The van der Waals surface area contributed by atoms with Crippen molar-refractivity contribution in [1.29, 1.82) is 0 Å². The Bertz CT molecular complexity index is 518. The van der Waals surface area contributed by atoms with Crippen molar-refractivity contribution in [3.8, 4) is 0 Å². The summed E-state index contributed by atoms with van der Waals surface area (Å²) in [5.74, 6) is 0.108. The van der Waals surface area contributed by atoms with E-state index in [-0.39, 0.29) is 35.5 Å². The van der Waals surface area contributed by atoms with E-state index in [1.807, 2.05) is 6.92 Å². The number of imide groups is 1. The Morgan fingerprint density at radius 2 is 1.86 bits per heavy atom. The molecular formula is C15H23NO4Si. The van der Waals surface area contributed by atoms with Crippen molar-refractivity contribution >= 4 is 26.1 Å². The Morgan fingerprint density at radius 1 is 1.24 bits per heavy atom. The van der Waals surface area contributed by atoms with Crippen molar-refractivity contribution in [2.24, 2.45) is 23.7 Å². The zero-order chi connectivity index (χ0) is 15.5. The number of fused-ring (bicyclic) bond motifs is 5. The van der Waals surface area contributed by atoms with Gasteiger partial charge in [0.1, 0.15) is 0 Å². The van der Waals surface area contributed by atoms with Crippen LogP contribution in [-0.4, -0.2) is 37.5 Å². The van der Waals surface area contributed by atoms with E-state index in [0.29, 0.717) is 18.0 Å². The monoisotopic (exact) mass is 309 g/mol. The second kappa shape index (κ2) is 4.66. The van der Waals surface area contributed by atoms with Crippen molar-refractivity contribution in [3.63, 3.8) is 0 Å². The number of hydrogen-bond acceptors (Lipinski definition) is 4. The number of amides is 2. The molecule has 1 heterocycles. The minimum absolute atomic E-state index is 0.0114. The van der Waals surface area contributed by atoms with E-state index in [1.54, 1.807) is 0 Å². The van der Waals surface area contributed by atoms with Crippen LogP contribution in [0, 0.1) is 23.7 Å². The number of carbonyl (C=O) groups excluding carboxylic acids is 3. The van der Waals surface area contributed by atoms with Gasteiger partial charge in [-0.2, -0.15) is 0 Å². The third kappa shape index (κ3) is 1.98. The van der Waals surface area contributed by atoms with Crippen LogP contribution in [0.4, 0.5) is 0 Å². The molecule has 0 spiro atoms. The summed E-state index contributed by atoms with van der Waals surface area (Å²) in [5.41, 5.74) is 0.307. The molecule has 3 rings (SSSR count). The summed E-state index contributed by atoms with van der Waals surface area (Å²) in [7, 11) is -2.16. The van der Waals surface area contributed by atoms with E-state index in [2.05, 4.69) is 13.1 Å². The first-order valence-electron chi connectivity index (χ1n) is 7.82. The summed E-state index contributed by atoms with van der Waals surface area (Å²) in [5, 5.41) is 0. The first kappa shape index (κ1) is 14.8. The molecule has 3 fully saturated rings. The second-order valence-corrected chi connectivity index (χ2v) is 11.3. The molecule has 0 aromatic heterocycles. The SMILES string of the molecule is CCN1C(=O)C2C3CC(C2C1=O)C([Si](C)(C)OC(C)=O)C3. The smallest absolute Gasteiger partial charge is 0.289 e. The van der Waals surface area contributed by atoms with Crippen LogP contribution in [-0.2, 0) is 18.8 Å². The molecule has 1 aliphatic heterocycles. The fourth-order valence-electron chi connectivity index (χ4n) is 5.08. The van der Waals surface area contributed by atoms with Crippen molar-refractivity contribution < 1.29 is 18.8 Å². The van der Waals surface area contributed by atoms with Gasteiger partial charge >= 0.3 is 0 Å². The third-order valence-electron chi connectivity index (χ3n) is 5.72. The molecule has 2 saturated carbocycles. The lowest BCUT2D eigenvalue weighted by Crippen LogP contribution is -2.44. The molecular weight excluding hydrogens is 286 g/mol. The number of likely N-dealkylation sites (tertiary alicyclic amines) is 1. The highest BCUT2D eigenvalue weighted by Gasteiger charge is 2.66. The van der Waals surface area contributed by atoms with Crippen LogP contribution in [0.25, 0.3) is 0 Å². The largest absolute Gasteiger partial charge is 0.519 e. The zero-order valence-electron chi connectivity index (χ0n) is 13.1. The van der Waals surface area contributed by atoms with E-state index < -0.39 is 8.32 Å². The molecule has 6 heteroatoms. The summed E-state index contributed by atoms with van der Waals surface area (Å²) in [6.45, 7) is 7.91. The lowest BCUT2D eigenvalue weighted by atomic mass is 9.81. The van der Waals surface area contributed by atoms with Crippen molar-refractivity contribution in [2.45, 2.75) is 45.3 Å². The molecule has 2 amide bonds. The maximum absolute atomic E-state index is 12.5. The minimum atomic E-state index is -2.16. The zero-order valence-corrected chi connectivity index (χ0v) is 14.1. The van der Waals surface area contributed by atoms with Gasteiger partial charge in [0.05, 0.1) is 11.8 Å². The Hall–Kier alpha value is -1.17. The molecule has 0 N–H and O–H groups in total. The number of nitrogens with zero attached hydrogens (tertiary/aromatic N) is 1. The predicted octanol–water partition coefficient (Wildman–Crippen LogP) is 1.79. The molecule has 0 aromatic rings. The lowest BCUT2D eigenvalue weighted by Gasteiger charge is -2.37. The van der Waals surface area contributed by atoms with E-state index in [9.17, 15) is 14.4 Å². The molecule has 0 radical (unpaired) electrons. The average Bonchev–Trinajstić information content (AvgIpc) is 3.00. The maximum atomic E-state index is 12.5. The van der Waals surface area contributed by atoms with E-state index in [0.717, 1.165) is 12.8 Å². The van der Waals surface area contributed by atoms with Gasteiger partial charge in [0.15, 0.2) is 0 Å². The summed E-state index contributed by atoms with van der Waals surface area (Å²) in [6, 6.07) is 0. The molecule has 1 saturated heterocycles. The van der Waals surface area contributed by atoms with Crippen LogP contribution < -0.4 is 0 Å². The summed E-state index contributed by atoms with van der Waals surface area (Å²) >= 11 is 0. The van der Waals surface area contributed by atoms with Gasteiger partial charge in [0.25, 0.3) is 14.3 Å². The van der Waals surface area contributed by atoms with Crippen molar-refractivity contribution in [3.05, 3.63) is 0 Å². The van der Waals surface area contributed by atoms with Gasteiger partial charge in [0.2, 0.25) is 11.8 Å². The van der Waals surface area contributed by atoms with Crippen LogP contribution in [0.5, 0.6) is 0 Å². The number of hydrogen-bond donors (Lipinski definition) is 0. The first-order valence-corrected chi connectivity index (χ1v) is 10.8. The minimum Gasteiger partial charge on any atom is -0.519 e. The highest BCUT2D eigenvalue weighted by Crippen LogP contribution is 2.63. The third-order valence-corrected chi connectivity index (χ3v) is 8.99. The summed E-state index contributed by atoms with van der Waals surface area (Å²) in [4.78, 5) is 37.7.